The zero-order valence-corrected chi connectivity index (χ0v) is 16.1. The molecule has 31 heavy (non-hydrogen) atoms. The molecule has 0 unspecified atom stereocenters. The number of carbonyl (C=O) groups is 2. The van der Waals surface area contributed by atoms with E-state index in [-0.39, 0.29) is 11.8 Å². The Bertz CT molecular complexity index is 909. The molecule has 0 spiro atoms. The quantitative estimate of drug-likeness (QED) is 0.708. The number of pyridine rings is 1. The van der Waals surface area contributed by atoms with E-state index in [1.54, 1.807) is 23.2 Å². The number of halogens is 5. The van der Waals surface area contributed by atoms with Crippen molar-refractivity contribution in [2.75, 3.05) is 6.54 Å². The number of benzene rings is 1. The van der Waals surface area contributed by atoms with Crippen LogP contribution in [0.3, 0.4) is 0 Å². The van der Waals surface area contributed by atoms with Crippen LogP contribution in [-0.4, -0.2) is 45.6 Å². The minimum absolute atomic E-state index is 0.181. The number of carboxylic acids is 1. The van der Waals surface area contributed by atoms with E-state index >= 15 is 0 Å². The lowest BCUT2D eigenvalue weighted by Gasteiger charge is -2.25. The number of amides is 1. The first-order valence-corrected chi connectivity index (χ1v) is 9.19. The number of alkyl halides is 3. The van der Waals surface area contributed by atoms with Crippen LogP contribution in [0.5, 0.6) is 0 Å². The van der Waals surface area contributed by atoms with Gasteiger partial charge in [0.15, 0.2) is 11.6 Å². The summed E-state index contributed by atoms with van der Waals surface area (Å²) in [6.07, 6.45) is -2.45. The van der Waals surface area contributed by atoms with Crippen LogP contribution < -0.4 is 5.73 Å². The number of rotatable bonds is 3. The first-order chi connectivity index (χ1) is 14.5. The monoisotopic (exact) mass is 445 g/mol. The van der Waals surface area contributed by atoms with E-state index in [4.69, 9.17) is 15.6 Å². The average Bonchev–Trinajstić information content (AvgIpc) is 2.84. The van der Waals surface area contributed by atoms with E-state index in [1.165, 1.54) is 6.07 Å². The van der Waals surface area contributed by atoms with Crippen molar-refractivity contribution in [3.05, 3.63) is 65.5 Å². The number of hydrogen-bond donors (Lipinski definition) is 2. The highest BCUT2D eigenvalue weighted by Crippen LogP contribution is 2.30. The summed E-state index contributed by atoms with van der Waals surface area (Å²) >= 11 is 0. The summed E-state index contributed by atoms with van der Waals surface area (Å²) in [6, 6.07) is 8.99. The molecule has 1 saturated heterocycles. The van der Waals surface area contributed by atoms with Crippen molar-refractivity contribution in [2.24, 2.45) is 5.73 Å². The van der Waals surface area contributed by atoms with E-state index in [9.17, 15) is 26.7 Å². The molecule has 1 aliphatic heterocycles. The van der Waals surface area contributed by atoms with Crippen LogP contribution in [0.2, 0.25) is 0 Å². The van der Waals surface area contributed by atoms with Gasteiger partial charge in [-0.2, -0.15) is 13.2 Å². The Morgan fingerprint density at radius 2 is 1.84 bits per heavy atom. The summed E-state index contributed by atoms with van der Waals surface area (Å²) < 4.78 is 59.4. The van der Waals surface area contributed by atoms with Gasteiger partial charge in [-0.15, -0.1) is 0 Å². The summed E-state index contributed by atoms with van der Waals surface area (Å²) in [4.78, 5) is 27.2. The van der Waals surface area contributed by atoms with Gasteiger partial charge >= 0.3 is 12.1 Å². The maximum absolute atomic E-state index is 14.1. The first-order valence-electron chi connectivity index (χ1n) is 9.19. The molecular formula is C20H20F5N3O3. The van der Waals surface area contributed by atoms with Crippen LogP contribution in [0.15, 0.2) is 42.6 Å². The SMILES string of the molecule is N[C@@H]1CC[C@@H](c2cccc(F)c2F)CN(Cc2ccccn2)C1=O.O=C(O)C(F)(F)F. The lowest BCUT2D eigenvalue weighted by Crippen LogP contribution is -2.42. The number of aromatic nitrogens is 1. The lowest BCUT2D eigenvalue weighted by molar-refractivity contribution is -0.192. The summed E-state index contributed by atoms with van der Waals surface area (Å²) in [6.45, 7) is 0.601. The Labute approximate surface area is 174 Å². The molecule has 2 aromatic rings. The van der Waals surface area contributed by atoms with Crippen molar-refractivity contribution < 1.29 is 36.6 Å². The topological polar surface area (TPSA) is 96.5 Å². The smallest absolute Gasteiger partial charge is 0.475 e. The van der Waals surface area contributed by atoms with Crippen molar-refractivity contribution in [2.45, 2.75) is 37.5 Å². The molecule has 168 valence electrons. The van der Waals surface area contributed by atoms with Crippen molar-refractivity contribution in [3.8, 4) is 0 Å². The summed E-state index contributed by atoms with van der Waals surface area (Å²) in [5.41, 5.74) is 6.98. The van der Waals surface area contributed by atoms with E-state index in [2.05, 4.69) is 4.98 Å². The van der Waals surface area contributed by atoms with Crippen molar-refractivity contribution in [1.82, 2.24) is 9.88 Å². The third-order valence-corrected chi connectivity index (χ3v) is 4.64. The van der Waals surface area contributed by atoms with Gasteiger partial charge in [-0.1, -0.05) is 18.2 Å². The van der Waals surface area contributed by atoms with Crippen molar-refractivity contribution >= 4 is 11.9 Å². The Morgan fingerprint density at radius 3 is 2.42 bits per heavy atom. The summed E-state index contributed by atoms with van der Waals surface area (Å²) in [5.74, 6) is -4.94. The fraction of sp³-hybridized carbons (Fsp3) is 0.350. The summed E-state index contributed by atoms with van der Waals surface area (Å²) in [5, 5.41) is 7.12. The minimum Gasteiger partial charge on any atom is -0.475 e. The van der Waals surface area contributed by atoms with Crippen molar-refractivity contribution in [3.63, 3.8) is 0 Å². The molecule has 0 bridgehead atoms. The van der Waals surface area contributed by atoms with Crippen LogP contribution in [0.1, 0.15) is 30.0 Å². The van der Waals surface area contributed by atoms with Gasteiger partial charge in [0.1, 0.15) is 0 Å². The first kappa shape index (κ1) is 24.2. The molecular weight excluding hydrogens is 425 g/mol. The van der Waals surface area contributed by atoms with E-state index in [1.807, 2.05) is 12.1 Å². The molecule has 1 fully saturated rings. The van der Waals surface area contributed by atoms with Crippen LogP contribution in [0.25, 0.3) is 0 Å². The second-order valence-electron chi connectivity index (χ2n) is 6.87. The highest BCUT2D eigenvalue weighted by atomic mass is 19.4. The molecule has 2 heterocycles. The predicted octanol–water partition coefficient (Wildman–Crippen LogP) is 3.23. The van der Waals surface area contributed by atoms with Gasteiger partial charge in [0, 0.05) is 18.7 Å². The third-order valence-electron chi connectivity index (χ3n) is 4.64. The molecule has 3 rings (SSSR count). The molecule has 0 saturated carbocycles. The largest absolute Gasteiger partial charge is 0.490 e. The van der Waals surface area contributed by atoms with Gasteiger partial charge < -0.3 is 15.7 Å². The molecule has 1 aromatic heterocycles. The number of likely N-dealkylation sites (tertiary alicyclic amines) is 1. The molecule has 11 heteroatoms. The Kier molecular flexibility index (Phi) is 8.03. The van der Waals surface area contributed by atoms with Crippen LogP contribution in [-0.2, 0) is 16.1 Å². The van der Waals surface area contributed by atoms with E-state index in [0.29, 0.717) is 31.5 Å². The normalized spacial score (nSPS) is 19.3. The second kappa shape index (κ2) is 10.3. The van der Waals surface area contributed by atoms with E-state index in [0.717, 1.165) is 11.8 Å². The van der Waals surface area contributed by atoms with Gasteiger partial charge in [0.2, 0.25) is 5.91 Å². The highest BCUT2D eigenvalue weighted by molar-refractivity contribution is 5.82. The number of carboxylic acid groups (broad SMARTS) is 1. The summed E-state index contributed by atoms with van der Waals surface area (Å²) in [7, 11) is 0. The maximum atomic E-state index is 14.1. The fourth-order valence-electron chi connectivity index (χ4n) is 3.11. The van der Waals surface area contributed by atoms with Gasteiger partial charge in [-0.05, 0) is 36.6 Å². The maximum Gasteiger partial charge on any atom is 0.490 e. The Balaban J connectivity index is 0.000000423. The van der Waals surface area contributed by atoms with Gasteiger partial charge in [-0.3, -0.25) is 9.78 Å². The fourth-order valence-corrected chi connectivity index (χ4v) is 3.11. The molecule has 1 amide bonds. The molecule has 2 atom stereocenters. The van der Waals surface area contributed by atoms with Gasteiger partial charge in [-0.25, -0.2) is 13.6 Å². The highest BCUT2D eigenvalue weighted by Gasteiger charge is 2.38. The predicted molar refractivity (Wildman–Crippen MR) is 99.7 cm³/mol. The number of carbonyl (C=O) groups excluding carboxylic acids is 1. The second-order valence-corrected chi connectivity index (χ2v) is 6.87. The Morgan fingerprint density at radius 1 is 1.16 bits per heavy atom. The number of nitrogens with zero attached hydrogens (tertiary/aromatic N) is 2. The number of nitrogens with two attached hydrogens (primary N) is 1. The minimum atomic E-state index is -5.08. The van der Waals surface area contributed by atoms with Crippen LogP contribution in [0, 0.1) is 11.6 Å². The van der Waals surface area contributed by atoms with Crippen LogP contribution in [0.4, 0.5) is 22.0 Å². The molecule has 0 aliphatic carbocycles. The molecule has 1 aliphatic rings. The average molecular weight is 445 g/mol. The van der Waals surface area contributed by atoms with Crippen LogP contribution >= 0.6 is 0 Å². The van der Waals surface area contributed by atoms with Crippen molar-refractivity contribution in [1.29, 1.82) is 0 Å². The lowest BCUT2D eigenvalue weighted by atomic mass is 9.93. The third kappa shape index (κ3) is 6.71. The standard InChI is InChI=1S/C18H19F2N3O.C2HF3O2/c19-15-6-3-5-14(17(15)20)12-7-8-16(21)18(24)23(10-12)11-13-4-1-2-9-22-13;3-2(4,5)1(6)7/h1-6,9,12,16H,7-8,10-11,21H2;(H,6,7)/t12-,16-;/m1./s1. The number of aliphatic carboxylic acids is 1. The van der Waals surface area contributed by atoms with Gasteiger partial charge in [0.25, 0.3) is 0 Å². The van der Waals surface area contributed by atoms with Gasteiger partial charge in [0.05, 0.1) is 18.3 Å². The molecule has 0 radical (unpaired) electrons. The zero-order chi connectivity index (χ0) is 23.2. The molecule has 1 aromatic carbocycles. The molecule has 3 N–H and O–H groups in total. The number of hydrogen-bond acceptors (Lipinski definition) is 4. The zero-order valence-electron chi connectivity index (χ0n) is 16.1. The molecule has 6 nitrogen and oxygen atoms in total. The van der Waals surface area contributed by atoms with E-state index < -0.39 is 29.8 Å². The Hall–Kier alpha value is -3.08.